The maximum atomic E-state index is 9.13. The first kappa shape index (κ1) is 8.96. The number of aliphatic hydroxyl groups is 1. The van der Waals surface area contributed by atoms with Gasteiger partial charge in [0.15, 0.2) is 0 Å². The summed E-state index contributed by atoms with van der Waals surface area (Å²) in [6.45, 7) is 7.50. The highest BCUT2D eigenvalue weighted by Gasteiger charge is 2.10. The first-order valence-electron chi connectivity index (χ1n) is 3.64. The zero-order valence-corrected chi connectivity index (χ0v) is 6.48. The van der Waals surface area contributed by atoms with E-state index < -0.39 is 5.60 Å². The minimum Gasteiger partial charge on any atom is -0.390 e. The molecule has 0 aromatic rings. The highest BCUT2D eigenvalue weighted by atomic mass is 16.3. The Morgan fingerprint density at radius 2 is 2.00 bits per heavy atom. The van der Waals surface area contributed by atoms with Crippen molar-refractivity contribution < 1.29 is 5.11 Å². The van der Waals surface area contributed by atoms with Crippen LogP contribution in [-0.4, -0.2) is 10.7 Å². The molecule has 0 heterocycles. The van der Waals surface area contributed by atoms with Crippen molar-refractivity contribution in [2.24, 2.45) is 0 Å². The average molecular weight is 129 g/mol. The Balaban J connectivity index is 3.07. The summed E-state index contributed by atoms with van der Waals surface area (Å²) in [5.74, 6) is 0. The number of rotatable bonds is 4. The van der Waals surface area contributed by atoms with Crippen molar-refractivity contribution in [2.75, 3.05) is 0 Å². The monoisotopic (exact) mass is 129 g/mol. The molecule has 0 aliphatic carbocycles. The highest BCUT2D eigenvalue weighted by Crippen LogP contribution is 2.11. The van der Waals surface area contributed by atoms with Crippen LogP contribution in [0.15, 0.2) is 0 Å². The van der Waals surface area contributed by atoms with Gasteiger partial charge in [0.1, 0.15) is 0 Å². The SMILES string of the molecule is [CH2]C(C)(O)CCCCC. The first-order valence-corrected chi connectivity index (χ1v) is 3.64. The number of unbranched alkanes of at least 4 members (excludes halogenated alkanes) is 2. The third-order valence-electron chi connectivity index (χ3n) is 1.32. The van der Waals surface area contributed by atoms with Gasteiger partial charge in [0.05, 0.1) is 5.60 Å². The van der Waals surface area contributed by atoms with Crippen LogP contribution in [-0.2, 0) is 0 Å². The minimum atomic E-state index is -0.699. The highest BCUT2D eigenvalue weighted by molar-refractivity contribution is 4.73. The summed E-state index contributed by atoms with van der Waals surface area (Å²) in [6.07, 6.45) is 4.32. The van der Waals surface area contributed by atoms with Gasteiger partial charge in [-0.1, -0.05) is 26.2 Å². The van der Waals surface area contributed by atoms with Crippen LogP contribution in [0.4, 0.5) is 0 Å². The standard InChI is InChI=1S/C8H17O/c1-4-5-6-7-8(2,3)9/h9H,2,4-7H2,1,3H3. The lowest BCUT2D eigenvalue weighted by molar-refractivity contribution is 0.0957. The van der Waals surface area contributed by atoms with Crippen LogP contribution < -0.4 is 0 Å². The molecule has 9 heavy (non-hydrogen) atoms. The molecule has 1 atom stereocenters. The molecule has 0 fully saturated rings. The Bertz CT molecular complexity index is 61.5. The molecule has 0 aliphatic rings. The summed E-state index contributed by atoms with van der Waals surface area (Å²) in [4.78, 5) is 0. The summed E-state index contributed by atoms with van der Waals surface area (Å²) in [5, 5.41) is 9.13. The third kappa shape index (κ3) is 7.96. The molecule has 0 amide bonds. The molecule has 55 valence electrons. The molecule has 1 heteroatoms. The molecule has 1 nitrogen and oxygen atoms in total. The molecule has 0 aliphatic heterocycles. The second kappa shape index (κ2) is 3.89. The molecule has 0 aromatic carbocycles. The second-order valence-corrected chi connectivity index (χ2v) is 2.95. The van der Waals surface area contributed by atoms with E-state index in [9.17, 15) is 0 Å². The fourth-order valence-corrected chi connectivity index (χ4v) is 0.756. The maximum Gasteiger partial charge on any atom is 0.0620 e. The van der Waals surface area contributed by atoms with Gasteiger partial charge < -0.3 is 5.11 Å². The van der Waals surface area contributed by atoms with Crippen LogP contribution in [0.2, 0.25) is 0 Å². The van der Waals surface area contributed by atoms with Crippen molar-refractivity contribution in [1.29, 1.82) is 0 Å². The van der Waals surface area contributed by atoms with Gasteiger partial charge in [0.25, 0.3) is 0 Å². The largest absolute Gasteiger partial charge is 0.390 e. The van der Waals surface area contributed by atoms with Crippen molar-refractivity contribution in [3.05, 3.63) is 6.92 Å². The Hall–Kier alpha value is -0.0400. The van der Waals surface area contributed by atoms with Crippen molar-refractivity contribution in [2.45, 2.75) is 45.1 Å². The summed E-state index contributed by atoms with van der Waals surface area (Å²) in [5.41, 5.74) is -0.699. The summed E-state index contributed by atoms with van der Waals surface area (Å²) < 4.78 is 0. The van der Waals surface area contributed by atoms with Crippen molar-refractivity contribution in [3.63, 3.8) is 0 Å². The average Bonchev–Trinajstić information content (AvgIpc) is 1.63. The van der Waals surface area contributed by atoms with E-state index in [2.05, 4.69) is 13.8 Å². The van der Waals surface area contributed by atoms with Gasteiger partial charge in [-0.05, 0) is 20.3 Å². The molecule has 1 radical (unpaired) electrons. The van der Waals surface area contributed by atoms with Crippen LogP contribution in [0.1, 0.15) is 39.5 Å². The zero-order chi connectivity index (χ0) is 7.33. The van der Waals surface area contributed by atoms with Crippen molar-refractivity contribution in [1.82, 2.24) is 0 Å². The van der Waals surface area contributed by atoms with Gasteiger partial charge in [-0.3, -0.25) is 0 Å². The Labute approximate surface area is 58.1 Å². The Morgan fingerprint density at radius 3 is 2.33 bits per heavy atom. The summed E-state index contributed by atoms with van der Waals surface area (Å²) in [6, 6.07) is 0. The van der Waals surface area contributed by atoms with E-state index in [1.54, 1.807) is 6.92 Å². The van der Waals surface area contributed by atoms with Crippen molar-refractivity contribution in [3.8, 4) is 0 Å². The first-order chi connectivity index (χ1) is 4.06. The van der Waals surface area contributed by atoms with E-state index in [0.29, 0.717) is 0 Å². The lowest BCUT2D eigenvalue weighted by atomic mass is 10.0. The van der Waals surface area contributed by atoms with Gasteiger partial charge >= 0.3 is 0 Å². The summed E-state index contributed by atoms with van der Waals surface area (Å²) in [7, 11) is 0. The molecule has 0 rings (SSSR count). The quantitative estimate of drug-likeness (QED) is 0.577. The topological polar surface area (TPSA) is 20.2 Å². The molecule has 1 unspecified atom stereocenters. The molecule has 0 aromatic heterocycles. The van der Waals surface area contributed by atoms with Gasteiger partial charge in [-0.25, -0.2) is 0 Å². The van der Waals surface area contributed by atoms with Crippen molar-refractivity contribution >= 4 is 0 Å². The fraction of sp³-hybridized carbons (Fsp3) is 0.875. The van der Waals surface area contributed by atoms with Gasteiger partial charge in [0.2, 0.25) is 0 Å². The minimum absolute atomic E-state index is 0.699. The van der Waals surface area contributed by atoms with Crippen LogP contribution >= 0.6 is 0 Å². The number of hydrogen-bond donors (Lipinski definition) is 1. The van der Waals surface area contributed by atoms with Crippen LogP contribution in [0.5, 0.6) is 0 Å². The summed E-state index contributed by atoms with van der Waals surface area (Å²) >= 11 is 0. The predicted molar refractivity (Wildman–Crippen MR) is 40.1 cm³/mol. The predicted octanol–water partition coefficient (Wildman–Crippen LogP) is 2.15. The number of hydrogen-bond acceptors (Lipinski definition) is 1. The lowest BCUT2D eigenvalue weighted by Crippen LogP contribution is -2.18. The van der Waals surface area contributed by atoms with Crippen LogP contribution in [0.25, 0.3) is 0 Å². The smallest absolute Gasteiger partial charge is 0.0620 e. The molecular weight excluding hydrogens is 112 g/mol. The van der Waals surface area contributed by atoms with Gasteiger partial charge in [-0.15, -0.1) is 0 Å². The van der Waals surface area contributed by atoms with E-state index in [0.717, 1.165) is 12.8 Å². The third-order valence-corrected chi connectivity index (χ3v) is 1.32. The van der Waals surface area contributed by atoms with E-state index in [4.69, 9.17) is 5.11 Å². The normalized spacial score (nSPS) is 12.0. The van der Waals surface area contributed by atoms with E-state index >= 15 is 0 Å². The van der Waals surface area contributed by atoms with Gasteiger partial charge in [-0.2, -0.15) is 0 Å². The second-order valence-electron chi connectivity index (χ2n) is 2.95. The molecular formula is C8H17O. The fourth-order valence-electron chi connectivity index (χ4n) is 0.756. The molecule has 0 spiro atoms. The van der Waals surface area contributed by atoms with Crippen LogP contribution in [0, 0.1) is 6.92 Å². The molecule has 0 bridgehead atoms. The molecule has 0 saturated carbocycles. The zero-order valence-electron chi connectivity index (χ0n) is 6.48. The van der Waals surface area contributed by atoms with E-state index in [-0.39, 0.29) is 0 Å². The van der Waals surface area contributed by atoms with E-state index in [1.807, 2.05) is 0 Å². The Morgan fingerprint density at radius 1 is 1.44 bits per heavy atom. The van der Waals surface area contributed by atoms with Gasteiger partial charge in [0, 0.05) is 0 Å². The lowest BCUT2D eigenvalue weighted by Gasteiger charge is -2.15. The molecule has 1 N–H and O–H groups in total. The van der Waals surface area contributed by atoms with E-state index in [1.165, 1.54) is 12.8 Å². The van der Waals surface area contributed by atoms with Crippen LogP contribution in [0.3, 0.4) is 0 Å². The Kier molecular flexibility index (Phi) is 3.87. The molecule has 0 saturated heterocycles. The maximum absolute atomic E-state index is 9.13.